The van der Waals surface area contributed by atoms with Crippen LogP contribution in [0, 0.1) is 11.2 Å². The molecule has 2 aromatic rings. The first-order chi connectivity index (χ1) is 12.0. The second kappa shape index (κ2) is 8.87. The Balaban J connectivity index is 2.53. The van der Waals surface area contributed by atoms with E-state index in [9.17, 15) is 9.50 Å². The highest BCUT2D eigenvalue weighted by Gasteiger charge is 2.15. The number of aliphatic hydroxyl groups is 1. The van der Waals surface area contributed by atoms with Gasteiger partial charge >= 0.3 is 0 Å². The fraction of sp³-hybridized carbons (Fsp3) is 0.263. The molecule has 132 valence electrons. The van der Waals surface area contributed by atoms with Crippen molar-refractivity contribution >= 4 is 22.1 Å². The van der Waals surface area contributed by atoms with Gasteiger partial charge in [0.15, 0.2) is 0 Å². The molecule has 0 aliphatic carbocycles. The normalized spacial score (nSPS) is 13.2. The number of allylic oxidation sites excluding steroid dienone is 1. The van der Waals surface area contributed by atoms with Crippen LogP contribution in [0.1, 0.15) is 31.1 Å². The van der Waals surface area contributed by atoms with Crippen LogP contribution in [0.25, 0.3) is 11.1 Å². The molecule has 1 unspecified atom stereocenters. The zero-order valence-electron chi connectivity index (χ0n) is 14.2. The smallest absolute Gasteiger partial charge is 0.123 e. The molecule has 4 nitrogen and oxygen atoms in total. The third-order valence-corrected chi connectivity index (χ3v) is 4.62. The Kier molecular flexibility index (Phi) is 6.84. The number of nitrogens with zero attached hydrogens (tertiary/aromatic N) is 1. The van der Waals surface area contributed by atoms with Crippen molar-refractivity contribution < 1.29 is 9.50 Å². The van der Waals surface area contributed by atoms with Crippen LogP contribution in [0.4, 0.5) is 4.39 Å². The number of nitrogens with one attached hydrogen (secondary N) is 2. The molecular formula is C19H21BrFN3O. The van der Waals surface area contributed by atoms with E-state index in [4.69, 9.17) is 5.41 Å². The van der Waals surface area contributed by atoms with E-state index in [1.807, 2.05) is 13.0 Å². The minimum atomic E-state index is -0.801. The van der Waals surface area contributed by atoms with E-state index in [1.54, 1.807) is 25.4 Å². The zero-order valence-corrected chi connectivity index (χ0v) is 15.8. The summed E-state index contributed by atoms with van der Waals surface area (Å²) in [6.07, 6.45) is 4.40. The zero-order chi connectivity index (χ0) is 18.4. The lowest BCUT2D eigenvalue weighted by molar-refractivity contribution is 0.199. The van der Waals surface area contributed by atoms with E-state index in [2.05, 4.69) is 26.2 Å². The van der Waals surface area contributed by atoms with Crippen molar-refractivity contribution in [3.63, 3.8) is 0 Å². The van der Waals surface area contributed by atoms with Crippen LogP contribution < -0.4 is 5.32 Å². The number of aliphatic hydroxyl groups excluding tert-OH is 1. The summed E-state index contributed by atoms with van der Waals surface area (Å²) >= 11 is 3.46. The summed E-state index contributed by atoms with van der Waals surface area (Å²) in [6.45, 7) is 4.33. The summed E-state index contributed by atoms with van der Waals surface area (Å²) in [6, 6.07) is 6.25. The fourth-order valence-corrected chi connectivity index (χ4v) is 3.15. The summed E-state index contributed by atoms with van der Waals surface area (Å²) in [4.78, 5) is 4.18. The van der Waals surface area contributed by atoms with Crippen molar-refractivity contribution in [3.05, 3.63) is 63.8 Å². The maximum Gasteiger partial charge on any atom is 0.123 e. The van der Waals surface area contributed by atoms with Gasteiger partial charge in [0.1, 0.15) is 5.82 Å². The van der Waals surface area contributed by atoms with E-state index in [1.165, 1.54) is 18.3 Å². The molecule has 0 aliphatic heterocycles. The highest BCUT2D eigenvalue weighted by molar-refractivity contribution is 9.11. The maximum absolute atomic E-state index is 13.6. The van der Waals surface area contributed by atoms with E-state index in [-0.39, 0.29) is 5.82 Å². The first kappa shape index (κ1) is 19.3. The quantitative estimate of drug-likeness (QED) is 0.473. The molecule has 0 radical (unpaired) electrons. The molecular weight excluding hydrogens is 385 g/mol. The largest absolute Gasteiger partial charge is 0.389 e. The van der Waals surface area contributed by atoms with Crippen molar-refractivity contribution in [2.75, 3.05) is 6.54 Å². The van der Waals surface area contributed by atoms with Gasteiger partial charge in [-0.2, -0.15) is 0 Å². The molecule has 6 heteroatoms. The molecule has 0 aliphatic rings. The topological polar surface area (TPSA) is 69.0 Å². The van der Waals surface area contributed by atoms with Gasteiger partial charge < -0.3 is 15.8 Å². The van der Waals surface area contributed by atoms with Gasteiger partial charge in [0, 0.05) is 42.7 Å². The van der Waals surface area contributed by atoms with Crippen LogP contribution in [0.2, 0.25) is 0 Å². The lowest BCUT2D eigenvalue weighted by Crippen LogP contribution is -2.12. The summed E-state index contributed by atoms with van der Waals surface area (Å²) in [7, 11) is 0. The number of benzene rings is 1. The lowest BCUT2D eigenvalue weighted by Gasteiger charge is -2.16. The van der Waals surface area contributed by atoms with Gasteiger partial charge in [-0.25, -0.2) is 4.39 Å². The number of pyridine rings is 1. The molecule has 0 spiro atoms. The Morgan fingerprint density at radius 3 is 2.80 bits per heavy atom. The fourth-order valence-electron chi connectivity index (χ4n) is 2.61. The lowest BCUT2D eigenvalue weighted by atomic mass is 9.92. The van der Waals surface area contributed by atoms with Gasteiger partial charge in [0.2, 0.25) is 0 Å². The highest BCUT2D eigenvalue weighted by atomic mass is 79.9. The molecule has 0 bridgehead atoms. The van der Waals surface area contributed by atoms with Crippen molar-refractivity contribution in [1.82, 2.24) is 10.3 Å². The Bertz CT molecular complexity index is 790. The van der Waals surface area contributed by atoms with Crippen LogP contribution >= 0.6 is 15.9 Å². The SMILES string of the molecule is CCN/C(Br)=C(\C=N)Cc1ccncc1-c1ccc(F)cc1C(C)O. The Morgan fingerprint density at radius 1 is 1.40 bits per heavy atom. The van der Waals surface area contributed by atoms with E-state index in [0.29, 0.717) is 12.0 Å². The summed E-state index contributed by atoms with van der Waals surface area (Å²) in [5.41, 5.74) is 3.80. The molecule has 3 N–H and O–H groups in total. The highest BCUT2D eigenvalue weighted by Crippen LogP contribution is 2.32. The first-order valence-corrected chi connectivity index (χ1v) is 8.81. The summed E-state index contributed by atoms with van der Waals surface area (Å²) in [5, 5.41) is 20.8. The number of hydrogen-bond acceptors (Lipinski definition) is 4. The number of aromatic nitrogens is 1. The van der Waals surface area contributed by atoms with Crippen molar-refractivity contribution in [2.45, 2.75) is 26.4 Å². The minimum Gasteiger partial charge on any atom is -0.389 e. The third kappa shape index (κ3) is 4.74. The van der Waals surface area contributed by atoms with Crippen LogP contribution in [0.15, 0.2) is 46.8 Å². The van der Waals surface area contributed by atoms with Crippen LogP contribution in [0.5, 0.6) is 0 Å². The molecule has 2 rings (SSSR count). The van der Waals surface area contributed by atoms with E-state index >= 15 is 0 Å². The number of hydrogen-bond donors (Lipinski definition) is 3. The summed E-state index contributed by atoms with van der Waals surface area (Å²) in [5.74, 6) is -0.389. The van der Waals surface area contributed by atoms with Crippen LogP contribution in [0.3, 0.4) is 0 Å². The second-order valence-corrected chi connectivity index (χ2v) is 6.42. The maximum atomic E-state index is 13.6. The van der Waals surface area contributed by atoms with Crippen LogP contribution in [-0.4, -0.2) is 22.8 Å². The van der Waals surface area contributed by atoms with E-state index in [0.717, 1.165) is 33.4 Å². The van der Waals surface area contributed by atoms with Gasteiger partial charge in [-0.3, -0.25) is 4.98 Å². The molecule has 25 heavy (non-hydrogen) atoms. The monoisotopic (exact) mass is 405 g/mol. The molecule has 1 aromatic heterocycles. The van der Waals surface area contributed by atoms with Gasteiger partial charge in [-0.1, -0.05) is 6.07 Å². The van der Waals surface area contributed by atoms with Crippen molar-refractivity contribution in [2.24, 2.45) is 0 Å². The van der Waals surface area contributed by atoms with Crippen molar-refractivity contribution in [3.8, 4) is 11.1 Å². The molecule has 0 fully saturated rings. The van der Waals surface area contributed by atoms with E-state index < -0.39 is 6.10 Å². The predicted octanol–water partition coefficient (Wildman–Crippen LogP) is 4.35. The molecule has 1 heterocycles. The first-order valence-electron chi connectivity index (χ1n) is 8.01. The van der Waals surface area contributed by atoms with Crippen LogP contribution in [-0.2, 0) is 6.42 Å². The van der Waals surface area contributed by atoms with Gasteiger partial charge in [-0.05, 0) is 64.7 Å². The average Bonchev–Trinajstić information content (AvgIpc) is 2.60. The Labute approximate surface area is 155 Å². The second-order valence-electron chi connectivity index (χ2n) is 5.63. The predicted molar refractivity (Wildman–Crippen MR) is 102 cm³/mol. The molecule has 1 atom stereocenters. The Hall–Kier alpha value is -2.05. The van der Waals surface area contributed by atoms with Gasteiger partial charge in [0.05, 0.1) is 10.7 Å². The average molecular weight is 406 g/mol. The minimum absolute atomic E-state index is 0.389. The summed E-state index contributed by atoms with van der Waals surface area (Å²) < 4.78 is 14.4. The number of halogens is 2. The third-order valence-electron chi connectivity index (χ3n) is 3.83. The number of rotatable bonds is 7. The molecule has 1 aromatic carbocycles. The van der Waals surface area contributed by atoms with Gasteiger partial charge in [-0.15, -0.1) is 0 Å². The van der Waals surface area contributed by atoms with Gasteiger partial charge in [0.25, 0.3) is 0 Å². The molecule has 0 saturated carbocycles. The molecule has 0 saturated heterocycles. The Morgan fingerprint density at radius 2 is 2.16 bits per heavy atom. The van der Waals surface area contributed by atoms with Crippen molar-refractivity contribution in [1.29, 1.82) is 5.41 Å². The standard InChI is InChI=1S/C19H21BrFN3O/c1-3-24-19(20)14(10-22)8-13-6-7-23-11-18(13)16-5-4-15(21)9-17(16)12(2)25/h4-7,9-12,22,24-25H,3,8H2,1-2H3/b19-14-,22-10?. The molecule has 0 amide bonds.